The molecule has 0 aliphatic heterocycles. The van der Waals surface area contributed by atoms with Gasteiger partial charge in [0, 0.05) is 18.9 Å². The van der Waals surface area contributed by atoms with E-state index in [1.807, 2.05) is 37.5 Å². The Morgan fingerprint density at radius 2 is 2.17 bits per heavy atom. The number of nitrogens with one attached hydrogen (secondary N) is 2. The van der Waals surface area contributed by atoms with Crippen LogP contribution in [0, 0.1) is 0 Å². The third-order valence-corrected chi connectivity index (χ3v) is 2.55. The van der Waals surface area contributed by atoms with Crippen LogP contribution in [0.1, 0.15) is 22.8 Å². The molecule has 94 valence electrons. The molecule has 0 saturated carbocycles. The summed E-state index contributed by atoms with van der Waals surface area (Å²) < 4.78 is 5.43. The Labute approximate surface area is 106 Å². The number of rotatable bonds is 5. The number of ether oxygens (including phenoxy) is 1. The van der Waals surface area contributed by atoms with Crippen molar-refractivity contribution in [3.05, 3.63) is 53.9 Å². The van der Waals surface area contributed by atoms with Crippen molar-refractivity contribution in [1.29, 1.82) is 0 Å². The number of hydrogen-bond acceptors (Lipinski definition) is 2. The smallest absolute Gasteiger partial charge is 0.255 e. The number of carbonyl (C=O) groups is 1. The number of H-pyrrole nitrogens is 1. The number of para-hydroxylation sites is 1. The molecule has 0 radical (unpaired) electrons. The van der Waals surface area contributed by atoms with E-state index in [4.69, 9.17) is 4.74 Å². The zero-order chi connectivity index (χ0) is 12.8. The van der Waals surface area contributed by atoms with Crippen LogP contribution in [-0.4, -0.2) is 17.5 Å². The number of amides is 1. The maximum absolute atomic E-state index is 12.0. The molecule has 18 heavy (non-hydrogen) atoms. The molecule has 1 amide bonds. The molecule has 0 spiro atoms. The fourth-order valence-electron chi connectivity index (χ4n) is 1.68. The highest BCUT2D eigenvalue weighted by Crippen LogP contribution is 2.17. The van der Waals surface area contributed by atoms with Crippen LogP contribution in [0.15, 0.2) is 42.7 Å². The van der Waals surface area contributed by atoms with Gasteiger partial charge in [0.05, 0.1) is 12.2 Å². The highest BCUT2D eigenvalue weighted by atomic mass is 16.5. The van der Waals surface area contributed by atoms with Gasteiger partial charge < -0.3 is 15.0 Å². The molecule has 0 aliphatic carbocycles. The second kappa shape index (κ2) is 5.91. The lowest BCUT2D eigenvalue weighted by molar-refractivity contribution is 0.0947. The van der Waals surface area contributed by atoms with Gasteiger partial charge in [-0.15, -0.1) is 0 Å². The molecule has 0 saturated heterocycles. The minimum atomic E-state index is -0.125. The number of aromatic nitrogens is 1. The predicted molar refractivity (Wildman–Crippen MR) is 69.6 cm³/mol. The van der Waals surface area contributed by atoms with E-state index in [1.165, 1.54) is 0 Å². The summed E-state index contributed by atoms with van der Waals surface area (Å²) in [4.78, 5) is 15.0. The van der Waals surface area contributed by atoms with E-state index < -0.39 is 0 Å². The molecule has 4 nitrogen and oxygen atoms in total. The summed E-state index contributed by atoms with van der Waals surface area (Å²) in [6.45, 7) is 2.94. The summed E-state index contributed by atoms with van der Waals surface area (Å²) in [6, 6.07) is 9.17. The van der Waals surface area contributed by atoms with Gasteiger partial charge in [-0.25, -0.2) is 0 Å². The second-order valence-electron chi connectivity index (χ2n) is 3.83. The molecule has 0 unspecified atom stereocenters. The van der Waals surface area contributed by atoms with Crippen LogP contribution in [0.3, 0.4) is 0 Å². The summed E-state index contributed by atoms with van der Waals surface area (Å²) in [5.41, 5.74) is 1.60. The van der Waals surface area contributed by atoms with Gasteiger partial charge in [0.15, 0.2) is 0 Å². The maximum Gasteiger partial charge on any atom is 0.255 e. The predicted octanol–water partition coefficient (Wildman–Crippen LogP) is 2.34. The summed E-state index contributed by atoms with van der Waals surface area (Å²) in [7, 11) is 0. The molecule has 0 fully saturated rings. The van der Waals surface area contributed by atoms with Crippen LogP contribution in [0.2, 0.25) is 0 Å². The SMILES string of the molecule is CCOc1ccccc1C(=O)NCc1cc[nH]c1. The van der Waals surface area contributed by atoms with Crippen molar-refractivity contribution in [2.45, 2.75) is 13.5 Å². The first kappa shape index (κ1) is 12.2. The molecule has 0 aliphatic rings. The third-order valence-electron chi connectivity index (χ3n) is 2.55. The highest BCUT2D eigenvalue weighted by Gasteiger charge is 2.11. The zero-order valence-electron chi connectivity index (χ0n) is 10.3. The van der Waals surface area contributed by atoms with Crippen LogP contribution < -0.4 is 10.1 Å². The normalized spacial score (nSPS) is 10.1. The molecule has 2 N–H and O–H groups in total. The second-order valence-corrected chi connectivity index (χ2v) is 3.83. The lowest BCUT2D eigenvalue weighted by atomic mass is 10.2. The molecule has 2 aromatic rings. The largest absolute Gasteiger partial charge is 0.493 e. The average Bonchev–Trinajstić information content (AvgIpc) is 2.90. The number of benzene rings is 1. The molecule has 1 aromatic carbocycles. The van der Waals surface area contributed by atoms with Gasteiger partial charge in [-0.3, -0.25) is 4.79 Å². The minimum Gasteiger partial charge on any atom is -0.493 e. The van der Waals surface area contributed by atoms with E-state index in [0.717, 1.165) is 5.56 Å². The molecular weight excluding hydrogens is 228 g/mol. The maximum atomic E-state index is 12.0. The van der Waals surface area contributed by atoms with Crippen LogP contribution in [0.5, 0.6) is 5.75 Å². The molecule has 1 aromatic heterocycles. The van der Waals surface area contributed by atoms with E-state index in [0.29, 0.717) is 24.5 Å². The Hall–Kier alpha value is -2.23. The zero-order valence-corrected chi connectivity index (χ0v) is 10.3. The number of aromatic amines is 1. The van der Waals surface area contributed by atoms with Crippen molar-refractivity contribution in [3.63, 3.8) is 0 Å². The van der Waals surface area contributed by atoms with Crippen molar-refractivity contribution in [2.75, 3.05) is 6.61 Å². The van der Waals surface area contributed by atoms with E-state index in [2.05, 4.69) is 10.3 Å². The van der Waals surface area contributed by atoms with Crippen LogP contribution >= 0.6 is 0 Å². The van der Waals surface area contributed by atoms with Gasteiger partial charge in [-0.1, -0.05) is 12.1 Å². The van der Waals surface area contributed by atoms with Gasteiger partial charge >= 0.3 is 0 Å². The molecule has 0 bridgehead atoms. The van der Waals surface area contributed by atoms with Crippen molar-refractivity contribution < 1.29 is 9.53 Å². The summed E-state index contributed by atoms with van der Waals surface area (Å²) in [6.07, 6.45) is 3.68. The lowest BCUT2D eigenvalue weighted by Gasteiger charge is -2.09. The fourth-order valence-corrected chi connectivity index (χ4v) is 1.68. The first-order chi connectivity index (χ1) is 8.81. The van der Waals surface area contributed by atoms with Gasteiger partial charge in [-0.2, -0.15) is 0 Å². The number of hydrogen-bond donors (Lipinski definition) is 2. The third kappa shape index (κ3) is 2.91. The summed E-state index contributed by atoms with van der Waals surface area (Å²) in [5.74, 6) is 0.492. The molecule has 1 heterocycles. The highest BCUT2D eigenvalue weighted by molar-refractivity contribution is 5.96. The van der Waals surface area contributed by atoms with Gasteiger partial charge in [0.2, 0.25) is 0 Å². The van der Waals surface area contributed by atoms with Crippen LogP contribution in [0.4, 0.5) is 0 Å². The van der Waals surface area contributed by atoms with Gasteiger partial charge in [0.1, 0.15) is 5.75 Å². The molecule has 4 heteroatoms. The van der Waals surface area contributed by atoms with E-state index in [-0.39, 0.29) is 5.91 Å². The fraction of sp³-hybridized carbons (Fsp3) is 0.214. The first-order valence-corrected chi connectivity index (χ1v) is 5.93. The molecule has 2 rings (SSSR count). The van der Waals surface area contributed by atoms with Crippen molar-refractivity contribution in [3.8, 4) is 5.75 Å². The topological polar surface area (TPSA) is 54.1 Å². The Morgan fingerprint density at radius 1 is 1.33 bits per heavy atom. The monoisotopic (exact) mass is 244 g/mol. The molecular formula is C14H16N2O2. The Kier molecular flexibility index (Phi) is 4.02. The minimum absolute atomic E-state index is 0.125. The Bertz CT molecular complexity index is 506. The molecule has 0 atom stereocenters. The quantitative estimate of drug-likeness (QED) is 0.848. The summed E-state index contributed by atoms with van der Waals surface area (Å²) >= 11 is 0. The van der Waals surface area contributed by atoms with Crippen LogP contribution in [-0.2, 0) is 6.54 Å². The summed E-state index contributed by atoms with van der Waals surface area (Å²) in [5, 5.41) is 2.86. The van der Waals surface area contributed by atoms with E-state index >= 15 is 0 Å². The van der Waals surface area contributed by atoms with Crippen molar-refractivity contribution >= 4 is 5.91 Å². The van der Waals surface area contributed by atoms with Crippen molar-refractivity contribution in [2.24, 2.45) is 0 Å². The average molecular weight is 244 g/mol. The first-order valence-electron chi connectivity index (χ1n) is 5.93. The van der Waals surface area contributed by atoms with E-state index in [1.54, 1.807) is 12.1 Å². The Morgan fingerprint density at radius 3 is 2.89 bits per heavy atom. The lowest BCUT2D eigenvalue weighted by Crippen LogP contribution is -2.23. The van der Waals surface area contributed by atoms with Gasteiger partial charge in [0.25, 0.3) is 5.91 Å². The van der Waals surface area contributed by atoms with Gasteiger partial charge in [-0.05, 0) is 30.7 Å². The van der Waals surface area contributed by atoms with Crippen molar-refractivity contribution in [1.82, 2.24) is 10.3 Å². The Balaban J connectivity index is 2.04. The number of carbonyl (C=O) groups excluding carboxylic acids is 1. The standard InChI is InChI=1S/C14H16N2O2/c1-2-18-13-6-4-3-5-12(13)14(17)16-10-11-7-8-15-9-11/h3-9,15H,2,10H2,1H3,(H,16,17). The van der Waals surface area contributed by atoms with Crippen LogP contribution in [0.25, 0.3) is 0 Å². The van der Waals surface area contributed by atoms with E-state index in [9.17, 15) is 4.79 Å².